The minimum Gasteiger partial charge on any atom is -0.356 e. The van der Waals surface area contributed by atoms with Crippen LogP contribution in [0.1, 0.15) is 17.5 Å². The lowest BCUT2D eigenvalue weighted by Gasteiger charge is -2.18. The van der Waals surface area contributed by atoms with Crippen LogP contribution in [0.15, 0.2) is 59.6 Å². The van der Waals surface area contributed by atoms with Crippen molar-refractivity contribution >= 4 is 35.8 Å². The number of guanidine groups is 1. The molecule has 2 aromatic carbocycles. The van der Waals surface area contributed by atoms with Gasteiger partial charge in [0.15, 0.2) is 5.96 Å². The SMILES string of the molecule is CN=C(NCCc1ccc(F)cc1)NCC1CC(=O)N(CCc2ccccc2)C1.I. The number of halogens is 2. The van der Waals surface area contributed by atoms with Crippen molar-refractivity contribution < 1.29 is 9.18 Å². The van der Waals surface area contributed by atoms with Gasteiger partial charge < -0.3 is 15.5 Å². The highest BCUT2D eigenvalue weighted by Crippen LogP contribution is 2.17. The van der Waals surface area contributed by atoms with E-state index in [9.17, 15) is 9.18 Å². The molecule has 0 radical (unpaired) electrons. The van der Waals surface area contributed by atoms with Crippen LogP contribution in [0.2, 0.25) is 0 Å². The first-order chi connectivity index (χ1) is 14.1. The van der Waals surface area contributed by atoms with E-state index in [0.717, 1.165) is 37.5 Å². The highest BCUT2D eigenvalue weighted by Gasteiger charge is 2.29. The fourth-order valence-corrected chi connectivity index (χ4v) is 3.55. The van der Waals surface area contributed by atoms with E-state index in [1.807, 2.05) is 23.1 Å². The maximum Gasteiger partial charge on any atom is 0.223 e. The number of hydrogen-bond acceptors (Lipinski definition) is 2. The first-order valence-corrected chi connectivity index (χ1v) is 10.1. The number of aliphatic imine (C=N–C) groups is 1. The van der Waals surface area contributed by atoms with Gasteiger partial charge in [-0.25, -0.2) is 4.39 Å². The van der Waals surface area contributed by atoms with E-state index in [1.165, 1.54) is 17.7 Å². The Morgan fingerprint density at radius 1 is 1.07 bits per heavy atom. The molecule has 30 heavy (non-hydrogen) atoms. The van der Waals surface area contributed by atoms with Crippen LogP contribution in [0, 0.1) is 11.7 Å². The molecule has 1 fully saturated rings. The molecular weight excluding hydrogens is 494 g/mol. The second-order valence-electron chi connectivity index (χ2n) is 7.40. The van der Waals surface area contributed by atoms with Gasteiger partial charge in [-0.05, 0) is 36.1 Å². The topological polar surface area (TPSA) is 56.7 Å². The van der Waals surface area contributed by atoms with Crippen LogP contribution in [0.3, 0.4) is 0 Å². The summed E-state index contributed by atoms with van der Waals surface area (Å²) >= 11 is 0. The monoisotopic (exact) mass is 524 g/mol. The summed E-state index contributed by atoms with van der Waals surface area (Å²) < 4.78 is 13.0. The Balaban J connectivity index is 0.00000320. The molecule has 2 N–H and O–H groups in total. The number of benzene rings is 2. The second kappa shape index (κ2) is 12.5. The molecule has 5 nitrogen and oxygen atoms in total. The standard InChI is InChI=1S/C23H29FN4O.HI/c1-25-23(26-13-11-19-7-9-21(24)10-8-19)27-16-20-15-22(29)28(17-20)14-12-18-5-3-2-4-6-18;/h2-10,20H,11-17H2,1H3,(H2,25,26,27);1H. The van der Waals surface area contributed by atoms with E-state index in [-0.39, 0.29) is 41.6 Å². The molecule has 1 aliphatic heterocycles. The number of likely N-dealkylation sites (tertiary alicyclic amines) is 1. The number of nitrogens with one attached hydrogen (secondary N) is 2. The third-order valence-corrected chi connectivity index (χ3v) is 5.21. The minimum atomic E-state index is -0.219. The average Bonchev–Trinajstić information content (AvgIpc) is 3.10. The van der Waals surface area contributed by atoms with Gasteiger partial charge in [0.1, 0.15) is 5.82 Å². The van der Waals surface area contributed by atoms with Gasteiger partial charge in [0, 0.05) is 45.6 Å². The van der Waals surface area contributed by atoms with Gasteiger partial charge in [-0.3, -0.25) is 9.79 Å². The predicted molar refractivity (Wildman–Crippen MR) is 130 cm³/mol. The third kappa shape index (κ3) is 7.59. The normalized spacial score (nSPS) is 16.3. The van der Waals surface area contributed by atoms with Crippen molar-refractivity contribution in [1.82, 2.24) is 15.5 Å². The number of amides is 1. The lowest BCUT2D eigenvalue weighted by molar-refractivity contribution is -0.127. The molecule has 0 saturated carbocycles. The number of rotatable bonds is 8. The molecule has 7 heteroatoms. The van der Waals surface area contributed by atoms with E-state index in [0.29, 0.717) is 19.5 Å². The maximum atomic E-state index is 13.0. The predicted octanol–water partition coefficient (Wildman–Crippen LogP) is 3.24. The van der Waals surface area contributed by atoms with E-state index >= 15 is 0 Å². The zero-order chi connectivity index (χ0) is 20.5. The highest BCUT2D eigenvalue weighted by atomic mass is 127. The molecule has 1 heterocycles. The Bertz CT molecular complexity index is 814. The molecule has 0 bridgehead atoms. The van der Waals surface area contributed by atoms with Crippen molar-refractivity contribution in [2.24, 2.45) is 10.9 Å². The van der Waals surface area contributed by atoms with Gasteiger partial charge in [0.25, 0.3) is 0 Å². The molecule has 0 aliphatic carbocycles. The quantitative estimate of drug-likeness (QED) is 0.317. The first kappa shape index (κ1) is 24.1. The summed E-state index contributed by atoms with van der Waals surface area (Å²) in [5.41, 5.74) is 2.33. The summed E-state index contributed by atoms with van der Waals surface area (Å²) in [6, 6.07) is 16.8. The summed E-state index contributed by atoms with van der Waals surface area (Å²) in [4.78, 5) is 18.5. The number of nitrogens with zero attached hydrogens (tertiary/aromatic N) is 2. The Hall–Kier alpha value is -2.16. The summed E-state index contributed by atoms with van der Waals surface area (Å²) in [5.74, 6) is 1.02. The molecule has 162 valence electrons. The fourth-order valence-electron chi connectivity index (χ4n) is 3.55. The van der Waals surface area contributed by atoms with E-state index in [4.69, 9.17) is 0 Å². The van der Waals surface area contributed by atoms with E-state index in [1.54, 1.807) is 19.2 Å². The molecule has 0 spiro atoms. The maximum absolute atomic E-state index is 13.0. The molecule has 3 rings (SSSR count). The van der Waals surface area contributed by atoms with Crippen LogP contribution in [0.5, 0.6) is 0 Å². The first-order valence-electron chi connectivity index (χ1n) is 10.1. The molecule has 1 aliphatic rings. The summed E-state index contributed by atoms with van der Waals surface area (Å²) in [7, 11) is 1.74. The van der Waals surface area contributed by atoms with Crippen LogP contribution >= 0.6 is 24.0 Å². The van der Waals surface area contributed by atoms with Crippen molar-refractivity contribution in [1.29, 1.82) is 0 Å². The molecular formula is C23H30FIN4O. The summed E-state index contributed by atoms with van der Waals surface area (Å²) in [6.07, 6.45) is 2.25. The summed E-state index contributed by atoms with van der Waals surface area (Å²) in [5, 5.41) is 6.59. The lowest BCUT2D eigenvalue weighted by Crippen LogP contribution is -2.41. The largest absolute Gasteiger partial charge is 0.356 e. The van der Waals surface area contributed by atoms with Crippen LogP contribution in [0.4, 0.5) is 4.39 Å². The van der Waals surface area contributed by atoms with Crippen LogP contribution in [-0.4, -0.2) is 50.0 Å². The average molecular weight is 524 g/mol. The van der Waals surface area contributed by atoms with Crippen LogP contribution in [0.25, 0.3) is 0 Å². The Kier molecular flexibility index (Phi) is 10.1. The van der Waals surface area contributed by atoms with Crippen LogP contribution < -0.4 is 10.6 Å². The zero-order valence-corrected chi connectivity index (χ0v) is 19.6. The number of carbonyl (C=O) groups is 1. The van der Waals surface area contributed by atoms with Gasteiger partial charge in [-0.1, -0.05) is 42.5 Å². The van der Waals surface area contributed by atoms with Crippen molar-refractivity contribution in [3.05, 3.63) is 71.5 Å². The van der Waals surface area contributed by atoms with Gasteiger partial charge in [-0.15, -0.1) is 24.0 Å². The lowest BCUT2D eigenvalue weighted by atomic mass is 10.1. The molecule has 1 unspecified atom stereocenters. The smallest absolute Gasteiger partial charge is 0.223 e. The molecule has 2 aromatic rings. The fraction of sp³-hybridized carbons (Fsp3) is 0.391. The van der Waals surface area contributed by atoms with Gasteiger partial charge >= 0.3 is 0 Å². The zero-order valence-electron chi connectivity index (χ0n) is 17.3. The molecule has 1 atom stereocenters. The Morgan fingerprint density at radius 3 is 2.47 bits per heavy atom. The molecule has 1 saturated heterocycles. The van der Waals surface area contributed by atoms with Crippen LogP contribution in [-0.2, 0) is 17.6 Å². The van der Waals surface area contributed by atoms with Crippen molar-refractivity contribution in [2.45, 2.75) is 19.3 Å². The van der Waals surface area contributed by atoms with Crippen molar-refractivity contribution in [3.8, 4) is 0 Å². The van der Waals surface area contributed by atoms with Crippen molar-refractivity contribution in [3.63, 3.8) is 0 Å². The minimum absolute atomic E-state index is 0. The van der Waals surface area contributed by atoms with Crippen molar-refractivity contribution in [2.75, 3.05) is 33.2 Å². The van der Waals surface area contributed by atoms with E-state index in [2.05, 4.69) is 27.8 Å². The van der Waals surface area contributed by atoms with Gasteiger partial charge in [-0.2, -0.15) is 0 Å². The number of carbonyl (C=O) groups excluding carboxylic acids is 1. The molecule has 0 aromatic heterocycles. The third-order valence-electron chi connectivity index (χ3n) is 5.21. The Morgan fingerprint density at radius 2 is 1.77 bits per heavy atom. The van der Waals surface area contributed by atoms with Gasteiger partial charge in [0.2, 0.25) is 5.91 Å². The van der Waals surface area contributed by atoms with Gasteiger partial charge in [0.05, 0.1) is 0 Å². The Labute approximate surface area is 195 Å². The number of hydrogen-bond donors (Lipinski definition) is 2. The molecule has 1 amide bonds. The summed E-state index contributed by atoms with van der Waals surface area (Å²) in [6.45, 7) is 2.97. The second-order valence-corrected chi connectivity index (χ2v) is 7.40. The highest BCUT2D eigenvalue weighted by molar-refractivity contribution is 14.0. The van der Waals surface area contributed by atoms with E-state index < -0.39 is 0 Å².